The van der Waals surface area contributed by atoms with Gasteiger partial charge in [-0.25, -0.2) is 9.59 Å². The minimum atomic E-state index is -0.813. The Morgan fingerprint density at radius 1 is 1.17 bits per heavy atom. The van der Waals surface area contributed by atoms with Crippen LogP contribution >= 0.6 is 15.9 Å². The van der Waals surface area contributed by atoms with Gasteiger partial charge in [-0.15, -0.1) is 0 Å². The van der Waals surface area contributed by atoms with Crippen LogP contribution in [0.15, 0.2) is 52.5 Å². The molecule has 1 atom stereocenters. The molecule has 7 nitrogen and oxygen atoms in total. The zero-order valence-corrected chi connectivity index (χ0v) is 17.6. The number of carbonyl (C=O) groups excluding carboxylic acids is 2. The minimum Gasteiger partial charge on any atom is -0.504 e. The van der Waals surface area contributed by atoms with Crippen molar-refractivity contribution in [3.63, 3.8) is 0 Å². The summed E-state index contributed by atoms with van der Waals surface area (Å²) in [5, 5.41) is 15.6. The molecule has 0 saturated carbocycles. The van der Waals surface area contributed by atoms with Crippen molar-refractivity contribution in [3.05, 3.63) is 63.6 Å². The zero-order chi connectivity index (χ0) is 21.0. The van der Waals surface area contributed by atoms with E-state index in [-0.39, 0.29) is 23.7 Å². The summed E-state index contributed by atoms with van der Waals surface area (Å²) in [6, 6.07) is 10.9. The maximum Gasteiger partial charge on any atom is 0.338 e. The minimum absolute atomic E-state index is 0.0484. The average Bonchev–Trinajstić information content (AvgIpc) is 2.70. The Hall–Kier alpha value is -3.00. The molecule has 1 aliphatic rings. The van der Waals surface area contributed by atoms with E-state index in [1.165, 1.54) is 6.07 Å². The van der Waals surface area contributed by atoms with E-state index in [1.54, 1.807) is 32.0 Å². The van der Waals surface area contributed by atoms with Crippen LogP contribution in [0.1, 0.15) is 31.0 Å². The molecular weight excluding hydrogens is 440 g/mol. The maximum atomic E-state index is 12.9. The van der Waals surface area contributed by atoms with Gasteiger partial charge in [0.05, 0.1) is 30.5 Å². The van der Waals surface area contributed by atoms with Gasteiger partial charge in [0.1, 0.15) is 0 Å². The molecule has 1 aliphatic heterocycles. The first-order valence-corrected chi connectivity index (χ1v) is 9.95. The third kappa shape index (κ3) is 4.37. The molecule has 3 rings (SSSR count). The smallest absolute Gasteiger partial charge is 0.338 e. The second kappa shape index (κ2) is 9.00. The number of phenolic OH excluding ortho intramolecular Hbond substituents is 1. The molecule has 0 saturated heterocycles. The Morgan fingerprint density at radius 3 is 2.55 bits per heavy atom. The number of nitrogens with one attached hydrogen (secondary N) is 2. The van der Waals surface area contributed by atoms with Crippen molar-refractivity contribution in [1.82, 2.24) is 10.6 Å². The van der Waals surface area contributed by atoms with Gasteiger partial charge in [0.2, 0.25) is 0 Å². The van der Waals surface area contributed by atoms with Crippen LogP contribution in [0, 0.1) is 0 Å². The molecule has 0 spiro atoms. The van der Waals surface area contributed by atoms with Gasteiger partial charge in [-0.05, 0) is 37.1 Å². The number of hydrogen-bond donors (Lipinski definition) is 3. The predicted molar refractivity (Wildman–Crippen MR) is 111 cm³/mol. The topological polar surface area (TPSA) is 96.9 Å². The molecule has 2 amide bonds. The lowest BCUT2D eigenvalue weighted by Gasteiger charge is -2.30. The molecule has 2 aromatic rings. The Labute approximate surface area is 176 Å². The van der Waals surface area contributed by atoms with Gasteiger partial charge in [0.25, 0.3) is 0 Å². The van der Waals surface area contributed by atoms with Gasteiger partial charge in [-0.2, -0.15) is 0 Å². The van der Waals surface area contributed by atoms with Crippen LogP contribution in [0.2, 0.25) is 0 Å². The zero-order valence-electron chi connectivity index (χ0n) is 16.0. The Bertz CT molecular complexity index is 959. The number of ether oxygens (including phenoxy) is 2. The molecule has 3 N–H and O–H groups in total. The monoisotopic (exact) mass is 460 g/mol. The summed E-state index contributed by atoms with van der Waals surface area (Å²) in [5.41, 5.74) is 1.86. The third-order valence-corrected chi connectivity index (χ3v) is 5.01. The Kier molecular flexibility index (Phi) is 6.43. The van der Waals surface area contributed by atoms with Crippen molar-refractivity contribution < 1.29 is 24.2 Å². The molecule has 8 heteroatoms. The first kappa shape index (κ1) is 20.7. The number of benzene rings is 2. The first-order valence-electron chi connectivity index (χ1n) is 9.15. The summed E-state index contributed by atoms with van der Waals surface area (Å²) in [6.45, 7) is 4.05. The number of amides is 2. The SMILES string of the molecule is CCOC(=O)C1=C(c2ccccc2)NC(=O)NC1c1cc(OCC)c(O)cc1Br. The van der Waals surface area contributed by atoms with Gasteiger partial charge >= 0.3 is 12.0 Å². The van der Waals surface area contributed by atoms with Gasteiger partial charge in [0.15, 0.2) is 11.5 Å². The Balaban J connectivity index is 2.22. The largest absolute Gasteiger partial charge is 0.504 e. The average molecular weight is 461 g/mol. The fourth-order valence-corrected chi connectivity index (χ4v) is 3.67. The summed E-state index contributed by atoms with van der Waals surface area (Å²) in [4.78, 5) is 25.3. The molecule has 152 valence electrons. The van der Waals surface area contributed by atoms with Crippen LogP contribution in [0.5, 0.6) is 11.5 Å². The Morgan fingerprint density at radius 2 is 1.90 bits per heavy atom. The van der Waals surface area contributed by atoms with Crippen molar-refractivity contribution in [2.75, 3.05) is 13.2 Å². The number of phenols is 1. The van der Waals surface area contributed by atoms with E-state index in [4.69, 9.17) is 9.47 Å². The fourth-order valence-electron chi connectivity index (χ4n) is 3.11. The van der Waals surface area contributed by atoms with E-state index in [1.807, 2.05) is 18.2 Å². The van der Waals surface area contributed by atoms with Crippen molar-refractivity contribution in [1.29, 1.82) is 0 Å². The molecule has 0 aliphatic carbocycles. The number of halogens is 1. The normalized spacial score (nSPS) is 16.1. The van der Waals surface area contributed by atoms with Crippen molar-refractivity contribution >= 4 is 33.6 Å². The fraction of sp³-hybridized carbons (Fsp3) is 0.238. The predicted octanol–water partition coefficient (Wildman–Crippen LogP) is 3.88. The molecule has 0 aromatic heterocycles. The van der Waals surface area contributed by atoms with Crippen LogP contribution in [-0.4, -0.2) is 30.3 Å². The second-order valence-corrected chi connectivity index (χ2v) is 7.04. The van der Waals surface area contributed by atoms with E-state index < -0.39 is 18.0 Å². The van der Waals surface area contributed by atoms with E-state index in [0.717, 1.165) is 0 Å². The molecular formula is C21H21BrN2O5. The number of rotatable bonds is 6. The van der Waals surface area contributed by atoms with Gasteiger partial charge in [-0.1, -0.05) is 46.3 Å². The highest BCUT2D eigenvalue weighted by atomic mass is 79.9. The third-order valence-electron chi connectivity index (χ3n) is 4.32. The number of hydrogen-bond acceptors (Lipinski definition) is 5. The molecule has 0 fully saturated rings. The van der Waals surface area contributed by atoms with Gasteiger partial charge in [0, 0.05) is 4.47 Å². The summed E-state index contributed by atoms with van der Waals surface area (Å²) < 4.78 is 11.3. The quantitative estimate of drug-likeness (QED) is 0.568. The summed E-state index contributed by atoms with van der Waals surface area (Å²) >= 11 is 3.42. The summed E-state index contributed by atoms with van der Waals surface area (Å²) in [5.74, 6) is -0.350. The molecule has 1 unspecified atom stereocenters. The van der Waals surface area contributed by atoms with Crippen LogP contribution in [0.25, 0.3) is 5.70 Å². The summed E-state index contributed by atoms with van der Waals surface area (Å²) in [7, 11) is 0. The second-order valence-electron chi connectivity index (χ2n) is 6.18. The van der Waals surface area contributed by atoms with E-state index in [2.05, 4.69) is 26.6 Å². The highest BCUT2D eigenvalue weighted by Gasteiger charge is 2.35. The highest BCUT2D eigenvalue weighted by Crippen LogP contribution is 2.40. The lowest BCUT2D eigenvalue weighted by molar-refractivity contribution is -0.138. The molecule has 2 aromatic carbocycles. The van der Waals surface area contributed by atoms with Gasteiger partial charge < -0.3 is 25.2 Å². The summed E-state index contributed by atoms with van der Waals surface area (Å²) in [6.07, 6.45) is 0. The van der Waals surface area contributed by atoms with Gasteiger partial charge in [-0.3, -0.25) is 0 Å². The molecule has 1 heterocycles. The van der Waals surface area contributed by atoms with E-state index in [0.29, 0.717) is 27.9 Å². The number of carbonyl (C=O) groups is 2. The maximum absolute atomic E-state index is 12.9. The van der Waals surface area contributed by atoms with Crippen molar-refractivity contribution in [3.8, 4) is 11.5 Å². The van der Waals surface area contributed by atoms with E-state index >= 15 is 0 Å². The molecule has 0 radical (unpaired) electrons. The van der Waals surface area contributed by atoms with E-state index in [9.17, 15) is 14.7 Å². The number of esters is 1. The van der Waals surface area contributed by atoms with Crippen LogP contribution < -0.4 is 15.4 Å². The standard InChI is InChI=1S/C21H21BrN2O5/c1-3-28-16-10-13(14(22)11-15(16)25)19-17(20(26)29-4-2)18(23-21(27)24-19)12-8-6-5-7-9-12/h5-11,19,25H,3-4H2,1-2H3,(H2,23,24,27). The highest BCUT2D eigenvalue weighted by molar-refractivity contribution is 9.10. The first-order chi connectivity index (χ1) is 14.0. The molecule has 0 bridgehead atoms. The van der Waals surface area contributed by atoms with Crippen LogP contribution in [0.4, 0.5) is 4.79 Å². The van der Waals surface area contributed by atoms with Crippen molar-refractivity contribution in [2.24, 2.45) is 0 Å². The van der Waals surface area contributed by atoms with Crippen molar-refractivity contribution in [2.45, 2.75) is 19.9 Å². The lowest BCUT2D eigenvalue weighted by Crippen LogP contribution is -2.45. The number of aromatic hydroxyl groups is 1. The van der Waals surface area contributed by atoms with Crippen LogP contribution in [0.3, 0.4) is 0 Å². The number of urea groups is 1. The lowest BCUT2D eigenvalue weighted by atomic mass is 9.92. The molecule has 29 heavy (non-hydrogen) atoms. The van der Waals surface area contributed by atoms with Crippen LogP contribution in [-0.2, 0) is 9.53 Å².